The number of rotatable bonds is 2. The summed E-state index contributed by atoms with van der Waals surface area (Å²) in [4.78, 5) is 0. The van der Waals surface area contributed by atoms with E-state index in [1.54, 1.807) is 6.07 Å². The second-order valence-corrected chi connectivity index (χ2v) is 4.55. The number of nitrogens with two attached hydrogens (primary N) is 1. The molecule has 0 radical (unpaired) electrons. The molecule has 88 valence electrons. The maximum Gasteiger partial charge on any atom is 0.128 e. The van der Waals surface area contributed by atoms with E-state index in [2.05, 4.69) is 0 Å². The van der Waals surface area contributed by atoms with Crippen LogP contribution in [-0.4, -0.2) is 0 Å². The highest BCUT2D eigenvalue weighted by Gasteiger charge is 2.26. The minimum absolute atomic E-state index is 0.260. The third kappa shape index (κ3) is 2.22. The Kier molecular flexibility index (Phi) is 2.99. The summed E-state index contributed by atoms with van der Waals surface area (Å²) >= 11 is 0. The average molecular weight is 229 g/mol. The van der Waals surface area contributed by atoms with Crippen LogP contribution in [0.5, 0.6) is 0 Å². The number of halogens is 1. The summed E-state index contributed by atoms with van der Waals surface area (Å²) in [6, 6.07) is 14.6. The van der Waals surface area contributed by atoms with E-state index in [4.69, 9.17) is 5.73 Å². The molecule has 1 unspecified atom stereocenters. The molecule has 2 N–H and O–H groups in total. The van der Waals surface area contributed by atoms with E-state index < -0.39 is 5.54 Å². The van der Waals surface area contributed by atoms with Gasteiger partial charge in [-0.1, -0.05) is 48.0 Å². The zero-order valence-electron chi connectivity index (χ0n) is 10.1. The van der Waals surface area contributed by atoms with Gasteiger partial charge in [0, 0.05) is 5.56 Å². The van der Waals surface area contributed by atoms with Crippen molar-refractivity contribution in [1.29, 1.82) is 0 Å². The van der Waals surface area contributed by atoms with Crippen LogP contribution in [0.2, 0.25) is 0 Å². The van der Waals surface area contributed by atoms with Crippen molar-refractivity contribution in [3.8, 4) is 0 Å². The first-order valence-electron chi connectivity index (χ1n) is 5.63. The van der Waals surface area contributed by atoms with Gasteiger partial charge in [0.1, 0.15) is 5.82 Å². The Hall–Kier alpha value is -1.67. The summed E-state index contributed by atoms with van der Waals surface area (Å²) in [6.45, 7) is 3.77. The zero-order chi connectivity index (χ0) is 12.5. The lowest BCUT2D eigenvalue weighted by Gasteiger charge is -2.26. The molecule has 0 bridgehead atoms. The molecule has 0 aliphatic carbocycles. The normalized spacial score (nSPS) is 14.4. The number of hydrogen-bond acceptors (Lipinski definition) is 1. The Morgan fingerprint density at radius 2 is 1.71 bits per heavy atom. The standard InChI is InChI=1S/C15H16FN/c1-11-8-9-14(16)13(10-11)15(2,17)12-6-4-3-5-7-12/h3-10H,17H2,1-2H3. The Bertz CT molecular complexity index is 518. The molecular weight excluding hydrogens is 213 g/mol. The minimum atomic E-state index is -0.808. The monoisotopic (exact) mass is 229 g/mol. The van der Waals surface area contributed by atoms with Crippen LogP contribution in [0.15, 0.2) is 48.5 Å². The smallest absolute Gasteiger partial charge is 0.128 e. The van der Waals surface area contributed by atoms with Gasteiger partial charge in [0.15, 0.2) is 0 Å². The zero-order valence-corrected chi connectivity index (χ0v) is 10.1. The first-order valence-corrected chi connectivity index (χ1v) is 5.63. The van der Waals surface area contributed by atoms with E-state index in [0.717, 1.165) is 11.1 Å². The van der Waals surface area contributed by atoms with Crippen LogP contribution in [0, 0.1) is 12.7 Å². The van der Waals surface area contributed by atoms with Crippen LogP contribution in [-0.2, 0) is 5.54 Å². The summed E-state index contributed by atoms with van der Waals surface area (Å²) in [6.07, 6.45) is 0. The second-order valence-electron chi connectivity index (χ2n) is 4.55. The van der Waals surface area contributed by atoms with Crippen molar-refractivity contribution in [3.05, 3.63) is 71.0 Å². The minimum Gasteiger partial charge on any atom is -0.318 e. The van der Waals surface area contributed by atoms with Gasteiger partial charge in [0.2, 0.25) is 0 Å². The van der Waals surface area contributed by atoms with Crippen molar-refractivity contribution in [1.82, 2.24) is 0 Å². The largest absolute Gasteiger partial charge is 0.318 e. The van der Waals surface area contributed by atoms with Crippen LogP contribution in [0.4, 0.5) is 4.39 Å². The number of benzene rings is 2. The third-order valence-electron chi connectivity index (χ3n) is 3.05. The molecule has 2 aromatic carbocycles. The molecule has 2 aromatic rings. The van der Waals surface area contributed by atoms with Crippen molar-refractivity contribution in [3.63, 3.8) is 0 Å². The van der Waals surface area contributed by atoms with Gasteiger partial charge in [-0.3, -0.25) is 0 Å². The fourth-order valence-corrected chi connectivity index (χ4v) is 1.98. The van der Waals surface area contributed by atoms with Gasteiger partial charge in [-0.15, -0.1) is 0 Å². The second kappa shape index (κ2) is 4.30. The van der Waals surface area contributed by atoms with Crippen molar-refractivity contribution < 1.29 is 4.39 Å². The van der Waals surface area contributed by atoms with Gasteiger partial charge >= 0.3 is 0 Å². The van der Waals surface area contributed by atoms with Crippen LogP contribution in [0.25, 0.3) is 0 Å². The lowest BCUT2D eigenvalue weighted by atomic mass is 9.85. The summed E-state index contributed by atoms with van der Waals surface area (Å²) in [5, 5.41) is 0. The van der Waals surface area contributed by atoms with Crippen molar-refractivity contribution in [2.75, 3.05) is 0 Å². The molecule has 0 spiro atoms. The quantitative estimate of drug-likeness (QED) is 0.839. The van der Waals surface area contributed by atoms with E-state index in [-0.39, 0.29) is 5.82 Å². The van der Waals surface area contributed by atoms with E-state index in [9.17, 15) is 4.39 Å². The predicted octanol–water partition coefficient (Wildman–Crippen LogP) is 3.36. The van der Waals surface area contributed by atoms with Crippen molar-refractivity contribution in [2.24, 2.45) is 5.73 Å². The molecule has 1 atom stereocenters. The SMILES string of the molecule is Cc1ccc(F)c(C(C)(N)c2ccccc2)c1. The molecule has 0 aromatic heterocycles. The Morgan fingerprint density at radius 1 is 1.06 bits per heavy atom. The van der Waals surface area contributed by atoms with E-state index in [0.29, 0.717) is 5.56 Å². The fraction of sp³-hybridized carbons (Fsp3) is 0.200. The van der Waals surface area contributed by atoms with Gasteiger partial charge in [0.05, 0.1) is 5.54 Å². The highest BCUT2D eigenvalue weighted by Crippen LogP contribution is 2.28. The first-order chi connectivity index (χ1) is 8.01. The van der Waals surface area contributed by atoms with Crippen LogP contribution < -0.4 is 5.73 Å². The highest BCUT2D eigenvalue weighted by molar-refractivity contribution is 5.39. The molecular formula is C15H16FN. The van der Waals surface area contributed by atoms with Crippen molar-refractivity contribution in [2.45, 2.75) is 19.4 Å². The van der Waals surface area contributed by atoms with E-state index in [1.807, 2.05) is 50.2 Å². The predicted molar refractivity (Wildman–Crippen MR) is 68.2 cm³/mol. The third-order valence-corrected chi connectivity index (χ3v) is 3.05. The molecule has 0 fully saturated rings. The summed E-state index contributed by atoms with van der Waals surface area (Å²) < 4.78 is 13.9. The maximum atomic E-state index is 13.9. The topological polar surface area (TPSA) is 26.0 Å². The summed E-state index contributed by atoms with van der Waals surface area (Å²) in [7, 11) is 0. The summed E-state index contributed by atoms with van der Waals surface area (Å²) in [5.41, 5.74) is 7.93. The molecule has 0 saturated carbocycles. The fourth-order valence-electron chi connectivity index (χ4n) is 1.98. The van der Waals surface area contributed by atoms with Crippen LogP contribution in [0.1, 0.15) is 23.6 Å². The van der Waals surface area contributed by atoms with Gasteiger partial charge in [-0.05, 0) is 25.5 Å². The molecule has 0 saturated heterocycles. The average Bonchev–Trinajstić information content (AvgIpc) is 2.33. The molecule has 0 heterocycles. The van der Waals surface area contributed by atoms with Gasteiger partial charge < -0.3 is 5.73 Å². The molecule has 1 nitrogen and oxygen atoms in total. The number of aryl methyl sites for hydroxylation is 1. The lowest BCUT2D eigenvalue weighted by molar-refractivity contribution is 0.530. The lowest BCUT2D eigenvalue weighted by Crippen LogP contribution is -2.35. The highest BCUT2D eigenvalue weighted by atomic mass is 19.1. The number of hydrogen-bond donors (Lipinski definition) is 1. The molecule has 0 aliphatic heterocycles. The Morgan fingerprint density at radius 3 is 2.35 bits per heavy atom. The van der Waals surface area contributed by atoms with E-state index >= 15 is 0 Å². The molecule has 0 aliphatic rings. The van der Waals surface area contributed by atoms with E-state index in [1.165, 1.54) is 6.07 Å². The Balaban J connectivity index is 2.55. The molecule has 17 heavy (non-hydrogen) atoms. The van der Waals surface area contributed by atoms with Gasteiger partial charge in [0.25, 0.3) is 0 Å². The van der Waals surface area contributed by atoms with Crippen molar-refractivity contribution >= 4 is 0 Å². The molecule has 2 heteroatoms. The molecule has 2 rings (SSSR count). The van der Waals surface area contributed by atoms with Crippen LogP contribution in [0.3, 0.4) is 0 Å². The Labute approximate surface area is 101 Å². The maximum absolute atomic E-state index is 13.9. The van der Waals surface area contributed by atoms with Crippen LogP contribution >= 0.6 is 0 Å². The first kappa shape index (κ1) is 11.8. The van der Waals surface area contributed by atoms with Gasteiger partial charge in [-0.2, -0.15) is 0 Å². The summed E-state index contributed by atoms with van der Waals surface area (Å²) in [5.74, 6) is -0.260. The van der Waals surface area contributed by atoms with Gasteiger partial charge in [-0.25, -0.2) is 4.39 Å². The molecule has 0 amide bonds.